The molecule has 1 aliphatic carbocycles. The van der Waals surface area contributed by atoms with Crippen molar-refractivity contribution in [3.05, 3.63) is 75.7 Å². The fourth-order valence-corrected chi connectivity index (χ4v) is 7.01. The van der Waals surface area contributed by atoms with Crippen LogP contribution in [0.2, 0.25) is 0 Å². The molecule has 0 saturated carbocycles. The fourth-order valence-electron chi connectivity index (χ4n) is 4.72. The maximum atomic E-state index is 13.4. The van der Waals surface area contributed by atoms with E-state index in [1.807, 2.05) is 13.0 Å². The van der Waals surface area contributed by atoms with Gasteiger partial charge in [0, 0.05) is 15.5 Å². The highest BCUT2D eigenvalue weighted by Crippen LogP contribution is 2.38. The number of aryl methyl sites for hydroxylation is 1. The van der Waals surface area contributed by atoms with Crippen LogP contribution in [0.4, 0.5) is 10.7 Å². The average molecular weight is 581 g/mol. The molecule has 0 radical (unpaired) electrons. The highest BCUT2D eigenvalue weighted by atomic mass is 32.2. The molecule has 8 nitrogen and oxygen atoms in total. The Kier molecular flexibility index (Phi) is 10.0. The quantitative estimate of drug-likeness (QED) is 0.191. The van der Waals surface area contributed by atoms with Crippen molar-refractivity contribution in [1.82, 2.24) is 0 Å². The number of carboxylic acids is 1. The van der Waals surface area contributed by atoms with Crippen LogP contribution >= 0.6 is 23.1 Å². The van der Waals surface area contributed by atoms with Crippen molar-refractivity contribution in [2.45, 2.75) is 62.0 Å². The molecule has 0 saturated heterocycles. The summed E-state index contributed by atoms with van der Waals surface area (Å²) in [6.45, 7) is 1.92. The highest BCUT2D eigenvalue weighted by Gasteiger charge is 2.28. The number of anilines is 2. The second-order valence-corrected chi connectivity index (χ2v) is 11.8. The normalized spacial score (nSPS) is 13.8. The smallest absolute Gasteiger partial charge is 0.341 e. The van der Waals surface area contributed by atoms with Crippen LogP contribution in [-0.4, -0.2) is 41.2 Å². The number of hydrogen-bond donors (Lipinski definition) is 3. The van der Waals surface area contributed by atoms with Crippen molar-refractivity contribution in [3.63, 3.8) is 0 Å². The molecule has 4 rings (SSSR count). The number of amides is 2. The number of fused-ring (bicyclic) bond motifs is 1. The summed E-state index contributed by atoms with van der Waals surface area (Å²) in [7, 11) is 1.36. The van der Waals surface area contributed by atoms with Crippen LogP contribution in [0, 0.1) is 0 Å². The predicted molar refractivity (Wildman–Crippen MR) is 158 cm³/mol. The number of hydrogen-bond acceptors (Lipinski definition) is 7. The number of carbonyl (C=O) groups excluding carboxylic acids is 3. The van der Waals surface area contributed by atoms with Crippen LogP contribution in [0.3, 0.4) is 0 Å². The lowest BCUT2D eigenvalue weighted by Crippen LogP contribution is -2.25. The molecule has 2 amide bonds. The first-order valence-electron chi connectivity index (χ1n) is 13.3. The molecule has 0 fully saturated rings. The Morgan fingerprint density at radius 1 is 0.975 bits per heavy atom. The van der Waals surface area contributed by atoms with Gasteiger partial charge in [0.15, 0.2) is 0 Å². The van der Waals surface area contributed by atoms with Gasteiger partial charge in [-0.1, -0.05) is 38.0 Å². The number of ether oxygens (including phenoxy) is 1. The highest BCUT2D eigenvalue weighted by molar-refractivity contribution is 8.00. The van der Waals surface area contributed by atoms with Gasteiger partial charge < -0.3 is 20.5 Å². The van der Waals surface area contributed by atoms with Gasteiger partial charge in [0.1, 0.15) is 5.00 Å². The van der Waals surface area contributed by atoms with E-state index in [0.717, 1.165) is 53.9 Å². The first kappa shape index (κ1) is 29.4. The van der Waals surface area contributed by atoms with Gasteiger partial charge in [-0.3, -0.25) is 9.59 Å². The Labute approximate surface area is 241 Å². The number of methoxy groups -OCH3 is 1. The van der Waals surface area contributed by atoms with E-state index in [-0.39, 0.29) is 17.0 Å². The third kappa shape index (κ3) is 6.92. The van der Waals surface area contributed by atoms with Crippen LogP contribution in [0.15, 0.2) is 53.4 Å². The number of nitrogens with one attached hydrogen (secondary N) is 2. The summed E-state index contributed by atoms with van der Waals surface area (Å²) in [4.78, 5) is 52.3. The topological polar surface area (TPSA) is 122 Å². The second-order valence-electron chi connectivity index (χ2n) is 9.45. The van der Waals surface area contributed by atoms with E-state index in [0.29, 0.717) is 22.7 Å². The number of carbonyl (C=O) groups is 4. The Balaban J connectivity index is 1.50. The first-order chi connectivity index (χ1) is 19.3. The Morgan fingerprint density at radius 2 is 1.70 bits per heavy atom. The lowest BCUT2D eigenvalue weighted by atomic mass is 9.96. The molecule has 2 aromatic carbocycles. The maximum Gasteiger partial charge on any atom is 0.341 e. The van der Waals surface area contributed by atoms with Crippen LogP contribution in [0.5, 0.6) is 0 Å². The molecule has 40 heavy (non-hydrogen) atoms. The number of aromatic carboxylic acids is 1. The van der Waals surface area contributed by atoms with Crippen molar-refractivity contribution < 1.29 is 29.0 Å². The molecule has 1 aromatic heterocycles. The van der Waals surface area contributed by atoms with Gasteiger partial charge in [0.2, 0.25) is 5.91 Å². The van der Waals surface area contributed by atoms with E-state index in [1.165, 1.54) is 42.3 Å². The van der Waals surface area contributed by atoms with E-state index in [4.69, 9.17) is 4.74 Å². The summed E-state index contributed by atoms with van der Waals surface area (Å²) in [5.74, 6) is -2.35. The third-order valence-electron chi connectivity index (χ3n) is 6.73. The predicted octanol–water partition coefficient (Wildman–Crippen LogP) is 6.65. The Bertz CT molecular complexity index is 1420. The molecule has 210 valence electrons. The summed E-state index contributed by atoms with van der Waals surface area (Å²) < 4.78 is 5.08. The van der Waals surface area contributed by atoms with Crippen molar-refractivity contribution in [2.24, 2.45) is 0 Å². The van der Waals surface area contributed by atoms with Gasteiger partial charge in [-0.2, -0.15) is 0 Å². The van der Waals surface area contributed by atoms with E-state index in [1.54, 1.807) is 30.3 Å². The summed E-state index contributed by atoms with van der Waals surface area (Å²) in [6, 6.07) is 13.1. The summed E-state index contributed by atoms with van der Waals surface area (Å²) in [5.41, 5.74) is 1.94. The lowest BCUT2D eigenvalue weighted by Gasteiger charge is -2.16. The van der Waals surface area contributed by atoms with Crippen LogP contribution in [0.25, 0.3) is 0 Å². The van der Waals surface area contributed by atoms with E-state index < -0.39 is 23.1 Å². The van der Waals surface area contributed by atoms with Crippen molar-refractivity contribution >= 4 is 57.5 Å². The van der Waals surface area contributed by atoms with Gasteiger partial charge in [0.05, 0.1) is 29.1 Å². The van der Waals surface area contributed by atoms with Gasteiger partial charge in [0.25, 0.3) is 5.91 Å². The summed E-state index contributed by atoms with van der Waals surface area (Å²) in [6.07, 6.45) is 6.57. The van der Waals surface area contributed by atoms with E-state index in [2.05, 4.69) is 10.6 Å². The second kappa shape index (κ2) is 13.6. The standard InChI is InChI=1S/C30H32N2O6S2/c1-3-23(27(34)32-28-25(30(37)38-2)22-15-6-4-5-7-16-24(22)40-28)39-19-12-10-11-18(17-19)31-26(33)20-13-8-9-14-21(20)29(35)36/h8-14,17,23H,3-7,15-16H2,1-2H3,(H,31,33)(H,32,34)(H,35,36). The maximum absolute atomic E-state index is 13.4. The molecular weight excluding hydrogens is 548 g/mol. The zero-order valence-corrected chi connectivity index (χ0v) is 24.1. The fraction of sp³-hybridized carbons (Fsp3) is 0.333. The molecule has 0 spiro atoms. The molecular formula is C30H32N2O6S2. The zero-order valence-electron chi connectivity index (χ0n) is 22.5. The molecule has 10 heteroatoms. The Morgan fingerprint density at radius 3 is 2.40 bits per heavy atom. The minimum absolute atomic E-state index is 0.0605. The first-order valence-corrected chi connectivity index (χ1v) is 15.0. The number of esters is 1. The third-order valence-corrected chi connectivity index (χ3v) is 9.30. The number of thiophene rings is 1. The van der Waals surface area contributed by atoms with Crippen molar-refractivity contribution in [2.75, 3.05) is 17.7 Å². The van der Waals surface area contributed by atoms with E-state index in [9.17, 15) is 24.3 Å². The molecule has 3 N–H and O–H groups in total. The number of benzene rings is 2. The van der Waals surface area contributed by atoms with Crippen molar-refractivity contribution in [1.29, 1.82) is 0 Å². The molecule has 3 aromatic rings. The van der Waals surface area contributed by atoms with Gasteiger partial charge in [-0.15, -0.1) is 23.1 Å². The average Bonchev–Trinajstić information content (AvgIpc) is 3.26. The minimum atomic E-state index is -1.18. The summed E-state index contributed by atoms with van der Waals surface area (Å²) in [5, 5.41) is 15.3. The number of rotatable bonds is 9. The zero-order chi connectivity index (χ0) is 28.6. The van der Waals surface area contributed by atoms with E-state index >= 15 is 0 Å². The largest absolute Gasteiger partial charge is 0.478 e. The molecule has 1 aliphatic rings. The SMILES string of the molecule is CCC(Sc1cccc(NC(=O)c2ccccc2C(=O)O)c1)C(=O)Nc1sc2c(c1C(=O)OC)CCCCCC2. The monoisotopic (exact) mass is 580 g/mol. The number of thioether (sulfide) groups is 1. The lowest BCUT2D eigenvalue weighted by molar-refractivity contribution is -0.115. The molecule has 1 heterocycles. The molecule has 1 unspecified atom stereocenters. The summed E-state index contributed by atoms with van der Waals surface area (Å²) >= 11 is 2.82. The van der Waals surface area contributed by atoms with Gasteiger partial charge >= 0.3 is 11.9 Å². The van der Waals surface area contributed by atoms with Gasteiger partial charge in [-0.05, 0) is 68.0 Å². The minimum Gasteiger partial charge on any atom is -0.478 e. The molecule has 0 bridgehead atoms. The van der Waals surface area contributed by atoms with Crippen LogP contribution in [-0.2, 0) is 22.4 Å². The Hall–Kier alpha value is -3.63. The molecule has 0 aliphatic heterocycles. The van der Waals surface area contributed by atoms with Crippen molar-refractivity contribution in [3.8, 4) is 0 Å². The molecule has 1 atom stereocenters. The number of carboxylic acid groups (broad SMARTS) is 1. The van der Waals surface area contributed by atoms with Crippen LogP contribution in [0.1, 0.15) is 80.5 Å². The van der Waals surface area contributed by atoms with Gasteiger partial charge in [-0.25, -0.2) is 9.59 Å². The van der Waals surface area contributed by atoms with Crippen LogP contribution < -0.4 is 10.6 Å².